The lowest BCUT2D eigenvalue weighted by Gasteiger charge is -2.09. The Morgan fingerprint density at radius 3 is 2.69 bits per heavy atom. The van der Waals surface area contributed by atoms with Crippen LogP contribution in [-0.4, -0.2) is 29.8 Å². The Hall–Kier alpha value is -2.71. The molecule has 26 heavy (non-hydrogen) atoms. The third-order valence-electron chi connectivity index (χ3n) is 3.92. The van der Waals surface area contributed by atoms with Crippen LogP contribution in [0, 0.1) is 0 Å². The number of para-hydroxylation sites is 1. The third kappa shape index (κ3) is 3.09. The minimum atomic E-state index is -0.0662. The van der Waals surface area contributed by atoms with Gasteiger partial charge in [-0.1, -0.05) is 35.5 Å². The van der Waals surface area contributed by atoms with Crippen molar-refractivity contribution < 1.29 is 0 Å². The van der Waals surface area contributed by atoms with Gasteiger partial charge in [-0.15, -0.1) is 5.10 Å². The third-order valence-corrected chi connectivity index (χ3v) is 5.09. The number of halogens is 1. The van der Waals surface area contributed by atoms with Crippen LogP contribution in [0.2, 0.25) is 5.02 Å². The summed E-state index contributed by atoms with van der Waals surface area (Å²) in [5.41, 5.74) is 1.43. The van der Waals surface area contributed by atoms with Gasteiger partial charge in [-0.05, 0) is 46.8 Å². The van der Waals surface area contributed by atoms with Crippen molar-refractivity contribution in [2.75, 3.05) is 0 Å². The van der Waals surface area contributed by atoms with Gasteiger partial charge < -0.3 is 0 Å². The van der Waals surface area contributed by atoms with Gasteiger partial charge in [-0.3, -0.25) is 9.36 Å². The number of fused-ring (bicyclic) bond motifs is 1. The van der Waals surface area contributed by atoms with Crippen LogP contribution >= 0.6 is 23.4 Å². The van der Waals surface area contributed by atoms with E-state index >= 15 is 0 Å². The van der Waals surface area contributed by atoms with Gasteiger partial charge >= 0.3 is 0 Å². The molecule has 130 valence electrons. The van der Waals surface area contributed by atoms with Crippen molar-refractivity contribution in [1.29, 1.82) is 0 Å². The Bertz CT molecular complexity index is 1140. The smallest absolute Gasteiger partial charge is 0.261 e. The van der Waals surface area contributed by atoms with E-state index in [1.165, 1.54) is 11.8 Å². The van der Waals surface area contributed by atoms with Gasteiger partial charge in [0.15, 0.2) is 0 Å². The van der Waals surface area contributed by atoms with Crippen molar-refractivity contribution in [2.45, 2.75) is 10.9 Å². The molecule has 0 spiro atoms. The van der Waals surface area contributed by atoms with Crippen LogP contribution in [0.5, 0.6) is 0 Å². The molecule has 2 heterocycles. The molecule has 0 saturated heterocycles. The van der Waals surface area contributed by atoms with Gasteiger partial charge in [0.05, 0.1) is 22.3 Å². The summed E-state index contributed by atoms with van der Waals surface area (Å²) in [5.74, 6) is 1.12. The highest BCUT2D eigenvalue weighted by Gasteiger charge is 2.13. The Morgan fingerprint density at radius 1 is 1.12 bits per heavy atom. The lowest BCUT2D eigenvalue weighted by molar-refractivity contribution is 0.753. The van der Waals surface area contributed by atoms with Crippen molar-refractivity contribution in [3.63, 3.8) is 0 Å². The summed E-state index contributed by atoms with van der Waals surface area (Å²) >= 11 is 7.34. The number of hydrogen-bond acceptors (Lipinski definition) is 6. The fourth-order valence-electron chi connectivity index (χ4n) is 2.54. The molecule has 0 N–H and O–H groups in total. The van der Waals surface area contributed by atoms with Crippen LogP contribution in [-0.2, 0) is 12.8 Å². The molecule has 0 saturated carbocycles. The first-order valence-electron chi connectivity index (χ1n) is 7.75. The molecule has 7 nitrogen and oxygen atoms in total. The lowest BCUT2D eigenvalue weighted by Crippen LogP contribution is -2.22. The standard InChI is InChI=1S/C17H13ClN6OS/c1-23-15(19-14-5-3-2-4-13(14)16(23)25)10-26-17-20-21-22-24(17)12-8-6-11(18)7-9-12/h2-9H,10H2,1H3. The summed E-state index contributed by atoms with van der Waals surface area (Å²) in [4.78, 5) is 17.1. The maximum absolute atomic E-state index is 12.5. The predicted molar refractivity (Wildman–Crippen MR) is 101 cm³/mol. The van der Waals surface area contributed by atoms with Crippen LogP contribution in [0.1, 0.15) is 5.82 Å². The van der Waals surface area contributed by atoms with E-state index in [-0.39, 0.29) is 5.56 Å². The number of rotatable bonds is 4. The highest BCUT2D eigenvalue weighted by Crippen LogP contribution is 2.22. The number of aromatic nitrogens is 6. The van der Waals surface area contributed by atoms with Gasteiger partial charge in [0.25, 0.3) is 5.56 Å². The largest absolute Gasteiger partial charge is 0.299 e. The molecule has 0 amide bonds. The SMILES string of the molecule is Cn1c(CSc2nnnn2-c2ccc(Cl)cc2)nc2ccccc2c1=O. The van der Waals surface area contributed by atoms with Crippen LogP contribution in [0.4, 0.5) is 0 Å². The van der Waals surface area contributed by atoms with Crippen LogP contribution in [0.25, 0.3) is 16.6 Å². The minimum Gasteiger partial charge on any atom is -0.299 e. The normalized spacial score (nSPS) is 11.2. The second-order valence-electron chi connectivity index (χ2n) is 5.55. The fourth-order valence-corrected chi connectivity index (χ4v) is 3.54. The minimum absolute atomic E-state index is 0.0662. The maximum Gasteiger partial charge on any atom is 0.261 e. The van der Waals surface area contributed by atoms with Gasteiger partial charge in [0.1, 0.15) is 5.82 Å². The molecule has 2 aromatic carbocycles. The molecule has 0 radical (unpaired) electrons. The maximum atomic E-state index is 12.5. The predicted octanol–water partition coefficient (Wildman–Crippen LogP) is 2.85. The van der Waals surface area contributed by atoms with Crippen molar-refractivity contribution >= 4 is 34.3 Å². The van der Waals surface area contributed by atoms with Gasteiger partial charge in [0, 0.05) is 12.1 Å². The first kappa shape index (κ1) is 16.7. The van der Waals surface area contributed by atoms with E-state index in [9.17, 15) is 4.79 Å². The Balaban J connectivity index is 1.64. The first-order chi connectivity index (χ1) is 12.6. The van der Waals surface area contributed by atoms with Crippen LogP contribution < -0.4 is 5.56 Å². The van der Waals surface area contributed by atoms with Crippen molar-refractivity contribution in [1.82, 2.24) is 29.8 Å². The van der Waals surface area contributed by atoms with Gasteiger partial charge in [0.2, 0.25) is 5.16 Å². The van der Waals surface area contributed by atoms with Crippen LogP contribution in [0.3, 0.4) is 0 Å². The molecule has 0 bridgehead atoms. The molecule has 0 atom stereocenters. The zero-order valence-corrected chi connectivity index (χ0v) is 15.3. The molecular formula is C17H13ClN6OS. The highest BCUT2D eigenvalue weighted by atomic mass is 35.5. The Labute approximate surface area is 157 Å². The van der Waals surface area contributed by atoms with E-state index in [0.717, 1.165) is 5.69 Å². The molecule has 4 rings (SSSR count). The summed E-state index contributed by atoms with van der Waals surface area (Å²) < 4.78 is 3.19. The summed E-state index contributed by atoms with van der Waals surface area (Å²) in [7, 11) is 1.72. The quantitative estimate of drug-likeness (QED) is 0.503. The molecule has 0 aliphatic carbocycles. The molecule has 0 aliphatic rings. The van der Waals surface area contributed by atoms with E-state index in [4.69, 9.17) is 11.6 Å². The van der Waals surface area contributed by atoms with E-state index in [0.29, 0.717) is 32.7 Å². The molecule has 9 heteroatoms. The van der Waals surface area contributed by atoms with E-state index in [1.807, 2.05) is 30.3 Å². The van der Waals surface area contributed by atoms with E-state index < -0.39 is 0 Å². The molecule has 0 aliphatic heterocycles. The topological polar surface area (TPSA) is 78.5 Å². The number of benzene rings is 2. The van der Waals surface area contributed by atoms with Crippen LogP contribution in [0.15, 0.2) is 58.5 Å². The van der Waals surface area contributed by atoms with Crippen molar-refractivity contribution in [3.05, 3.63) is 69.7 Å². The lowest BCUT2D eigenvalue weighted by atomic mass is 10.2. The average Bonchev–Trinajstić information content (AvgIpc) is 3.13. The second-order valence-corrected chi connectivity index (χ2v) is 6.93. The zero-order chi connectivity index (χ0) is 18.1. The Morgan fingerprint density at radius 2 is 1.88 bits per heavy atom. The highest BCUT2D eigenvalue weighted by molar-refractivity contribution is 7.98. The van der Waals surface area contributed by atoms with E-state index in [1.54, 1.807) is 34.5 Å². The Kier molecular flexibility index (Phi) is 4.44. The van der Waals surface area contributed by atoms with Gasteiger partial charge in [-0.2, -0.15) is 4.68 Å². The number of nitrogens with zero attached hydrogens (tertiary/aromatic N) is 6. The summed E-state index contributed by atoms with van der Waals surface area (Å²) in [6, 6.07) is 14.6. The molecule has 4 aromatic rings. The fraction of sp³-hybridized carbons (Fsp3) is 0.118. The second kappa shape index (κ2) is 6.89. The van der Waals surface area contributed by atoms with E-state index in [2.05, 4.69) is 20.5 Å². The molecule has 0 unspecified atom stereocenters. The molecule has 2 aromatic heterocycles. The first-order valence-corrected chi connectivity index (χ1v) is 9.11. The zero-order valence-electron chi connectivity index (χ0n) is 13.7. The monoisotopic (exact) mass is 384 g/mol. The number of thioether (sulfide) groups is 1. The van der Waals surface area contributed by atoms with Crippen molar-refractivity contribution in [2.24, 2.45) is 7.05 Å². The number of hydrogen-bond donors (Lipinski definition) is 0. The summed E-state index contributed by atoms with van der Waals surface area (Å²) in [6.45, 7) is 0. The summed E-state index contributed by atoms with van der Waals surface area (Å²) in [5, 5.41) is 13.7. The average molecular weight is 385 g/mol. The summed E-state index contributed by atoms with van der Waals surface area (Å²) in [6.07, 6.45) is 0. The number of tetrazole rings is 1. The van der Waals surface area contributed by atoms with Gasteiger partial charge in [-0.25, -0.2) is 4.98 Å². The molecular weight excluding hydrogens is 372 g/mol. The molecule has 0 fully saturated rings. The van der Waals surface area contributed by atoms with Crippen molar-refractivity contribution in [3.8, 4) is 5.69 Å².